The van der Waals surface area contributed by atoms with E-state index in [4.69, 9.17) is 0 Å². The fourth-order valence-electron chi connectivity index (χ4n) is 3.26. The zero-order valence-corrected chi connectivity index (χ0v) is 18.3. The molecule has 2 aromatic rings. The van der Waals surface area contributed by atoms with Crippen molar-refractivity contribution < 1.29 is 16.8 Å². The van der Waals surface area contributed by atoms with Crippen LogP contribution in [0.3, 0.4) is 0 Å². The second-order valence-electron chi connectivity index (χ2n) is 7.93. The number of hydrogen-bond acceptors (Lipinski definition) is 5. The molecule has 0 bridgehead atoms. The van der Waals surface area contributed by atoms with Crippen LogP contribution in [0.4, 0.5) is 5.69 Å². The van der Waals surface area contributed by atoms with Crippen LogP contribution in [0.2, 0.25) is 0 Å². The molecule has 0 N–H and O–H groups in total. The maximum atomic E-state index is 12.4. The normalized spacial score (nSPS) is 15.0. The molecular weight excluding hydrogens is 394 g/mol. The molecule has 0 aliphatic heterocycles. The summed E-state index contributed by atoms with van der Waals surface area (Å²) in [5.41, 5.74) is 2.93. The standard InChI is InChI=1S/C21H27NO4S2/c1-15(2)17-7-5-16(6-8-17)14-22(18-9-10-18)20-12-11-19(27(3,23)24)13-21(20)28(4,25)26/h5-8,11-13,15,18H,9-10,14H2,1-4H3. The zero-order chi connectivity index (χ0) is 20.7. The molecule has 0 heterocycles. The number of sulfone groups is 2. The van der Waals surface area contributed by atoms with Gasteiger partial charge in [0, 0.05) is 25.1 Å². The molecule has 0 saturated heterocycles. The van der Waals surface area contributed by atoms with Gasteiger partial charge in [0.05, 0.1) is 15.5 Å². The summed E-state index contributed by atoms with van der Waals surface area (Å²) in [6.07, 6.45) is 4.21. The summed E-state index contributed by atoms with van der Waals surface area (Å²) in [5.74, 6) is 0.453. The van der Waals surface area contributed by atoms with Gasteiger partial charge in [-0.1, -0.05) is 38.1 Å². The summed E-state index contributed by atoms with van der Waals surface area (Å²) in [5, 5.41) is 0. The van der Waals surface area contributed by atoms with E-state index >= 15 is 0 Å². The summed E-state index contributed by atoms with van der Waals surface area (Å²) in [4.78, 5) is 2.18. The molecule has 28 heavy (non-hydrogen) atoms. The minimum absolute atomic E-state index is 0.0220. The molecule has 1 saturated carbocycles. The molecule has 0 unspecified atom stereocenters. The molecule has 2 aromatic carbocycles. The smallest absolute Gasteiger partial charge is 0.177 e. The van der Waals surface area contributed by atoms with Gasteiger partial charge < -0.3 is 4.90 Å². The van der Waals surface area contributed by atoms with Crippen molar-refractivity contribution in [3.8, 4) is 0 Å². The van der Waals surface area contributed by atoms with Crippen LogP contribution in [0, 0.1) is 0 Å². The summed E-state index contributed by atoms with van der Waals surface area (Å²) in [6, 6.07) is 13.1. The monoisotopic (exact) mass is 421 g/mol. The largest absolute Gasteiger partial charge is 0.363 e. The number of hydrogen-bond donors (Lipinski definition) is 0. The molecule has 0 spiro atoms. The number of benzene rings is 2. The number of rotatable bonds is 7. The minimum atomic E-state index is -3.58. The Kier molecular flexibility index (Phi) is 5.60. The Hall–Kier alpha value is -1.86. The topological polar surface area (TPSA) is 71.5 Å². The predicted octanol–water partition coefficient (Wildman–Crippen LogP) is 3.79. The molecule has 0 aromatic heterocycles. The fourth-order valence-corrected chi connectivity index (χ4v) is 4.89. The van der Waals surface area contributed by atoms with E-state index in [1.807, 2.05) is 0 Å². The summed E-state index contributed by atoms with van der Waals surface area (Å²) in [7, 11) is -7.07. The Bertz CT molecular complexity index is 1070. The molecule has 0 atom stereocenters. The van der Waals surface area contributed by atoms with Gasteiger partial charge in [0.2, 0.25) is 0 Å². The predicted molar refractivity (Wildman–Crippen MR) is 112 cm³/mol. The van der Waals surface area contributed by atoms with Crippen LogP contribution in [-0.4, -0.2) is 35.4 Å². The molecular formula is C21H27NO4S2. The summed E-state index contributed by atoms with van der Waals surface area (Å²) >= 11 is 0. The van der Waals surface area contributed by atoms with Gasteiger partial charge in [-0.05, 0) is 48.1 Å². The van der Waals surface area contributed by atoms with Crippen LogP contribution in [0.15, 0.2) is 52.3 Å². The van der Waals surface area contributed by atoms with Crippen molar-refractivity contribution in [1.82, 2.24) is 0 Å². The van der Waals surface area contributed by atoms with Crippen LogP contribution in [0.5, 0.6) is 0 Å². The van der Waals surface area contributed by atoms with E-state index in [1.54, 1.807) is 6.07 Å². The Morgan fingerprint density at radius 3 is 2.00 bits per heavy atom. The van der Waals surface area contributed by atoms with E-state index in [2.05, 4.69) is 43.0 Å². The first kappa shape index (κ1) is 20.9. The summed E-state index contributed by atoms with van der Waals surface area (Å²) in [6.45, 7) is 4.88. The quantitative estimate of drug-likeness (QED) is 0.680. The van der Waals surface area contributed by atoms with Crippen molar-refractivity contribution >= 4 is 25.4 Å². The number of anilines is 1. The van der Waals surface area contributed by atoms with Crippen molar-refractivity contribution in [1.29, 1.82) is 0 Å². The fraction of sp³-hybridized carbons (Fsp3) is 0.429. The molecule has 1 aliphatic rings. The Labute approximate surface area is 168 Å². The molecule has 0 radical (unpaired) electrons. The molecule has 5 nitrogen and oxygen atoms in total. The van der Waals surface area contributed by atoms with Crippen LogP contribution in [0.25, 0.3) is 0 Å². The zero-order valence-electron chi connectivity index (χ0n) is 16.7. The van der Waals surface area contributed by atoms with Crippen LogP contribution in [-0.2, 0) is 26.2 Å². The van der Waals surface area contributed by atoms with Crippen molar-refractivity contribution in [2.45, 2.75) is 55.0 Å². The van der Waals surface area contributed by atoms with E-state index < -0.39 is 19.7 Å². The highest BCUT2D eigenvalue weighted by molar-refractivity contribution is 7.91. The highest BCUT2D eigenvalue weighted by Crippen LogP contribution is 2.37. The average Bonchev–Trinajstić information content (AvgIpc) is 3.43. The van der Waals surface area contributed by atoms with Gasteiger partial charge in [0.15, 0.2) is 19.7 Å². The average molecular weight is 422 g/mol. The third-order valence-corrected chi connectivity index (χ3v) is 7.29. The molecule has 7 heteroatoms. The van der Waals surface area contributed by atoms with Gasteiger partial charge in [-0.25, -0.2) is 16.8 Å². The van der Waals surface area contributed by atoms with E-state index in [9.17, 15) is 16.8 Å². The van der Waals surface area contributed by atoms with Crippen LogP contribution >= 0.6 is 0 Å². The van der Waals surface area contributed by atoms with Gasteiger partial charge >= 0.3 is 0 Å². The minimum Gasteiger partial charge on any atom is -0.363 e. The molecule has 152 valence electrons. The first-order valence-electron chi connectivity index (χ1n) is 9.36. The molecule has 3 rings (SSSR count). The van der Waals surface area contributed by atoms with E-state index in [0.717, 1.165) is 30.9 Å². The molecule has 1 fully saturated rings. The molecule has 0 amide bonds. The van der Waals surface area contributed by atoms with Crippen molar-refractivity contribution in [3.63, 3.8) is 0 Å². The second-order valence-corrected chi connectivity index (χ2v) is 11.9. The lowest BCUT2D eigenvalue weighted by Gasteiger charge is -2.27. The second kappa shape index (κ2) is 7.52. The van der Waals surface area contributed by atoms with E-state index in [-0.39, 0.29) is 15.8 Å². The lowest BCUT2D eigenvalue weighted by molar-refractivity contribution is 0.599. The Morgan fingerprint density at radius 1 is 0.929 bits per heavy atom. The van der Waals surface area contributed by atoms with E-state index in [0.29, 0.717) is 18.2 Å². The highest BCUT2D eigenvalue weighted by atomic mass is 32.2. The van der Waals surface area contributed by atoms with E-state index in [1.165, 1.54) is 17.7 Å². The lowest BCUT2D eigenvalue weighted by Crippen LogP contribution is -2.27. The highest BCUT2D eigenvalue weighted by Gasteiger charge is 2.32. The van der Waals surface area contributed by atoms with Crippen LogP contribution in [0.1, 0.15) is 43.7 Å². The first-order chi connectivity index (χ1) is 13.0. The van der Waals surface area contributed by atoms with Gasteiger partial charge in [-0.2, -0.15) is 0 Å². The Balaban J connectivity index is 2.02. The molecule has 1 aliphatic carbocycles. The van der Waals surface area contributed by atoms with Crippen molar-refractivity contribution in [3.05, 3.63) is 53.6 Å². The maximum Gasteiger partial charge on any atom is 0.177 e. The third-order valence-electron chi connectivity index (χ3n) is 5.06. The summed E-state index contributed by atoms with van der Waals surface area (Å²) < 4.78 is 48.7. The van der Waals surface area contributed by atoms with Gasteiger partial charge in [-0.3, -0.25) is 0 Å². The van der Waals surface area contributed by atoms with Crippen LogP contribution < -0.4 is 4.90 Å². The first-order valence-corrected chi connectivity index (χ1v) is 13.1. The van der Waals surface area contributed by atoms with Crippen molar-refractivity contribution in [2.24, 2.45) is 0 Å². The Morgan fingerprint density at radius 2 is 1.54 bits per heavy atom. The van der Waals surface area contributed by atoms with Crippen molar-refractivity contribution in [2.75, 3.05) is 17.4 Å². The SMILES string of the molecule is CC(C)c1ccc(CN(c2ccc(S(C)(=O)=O)cc2S(C)(=O)=O)C2CC2)cc1. The lowest BCUT2D eigenvalue weighted by atomic mass is 10.0. The maximum absolute atomic E-state index is 12.4. The van der Waals surface area contributed by atoms with Gasteiger partial charge in [-0.15, -0.1) is 0 Å². The third kappa shape index (κ3) is 4.75. The van der Waals surface area contributed by atoms with Gasteiger partial charge in [0.25, 0.3) is 0 Å². The van der Waals surface area contributed by atoms with Gasteiger partial charge in [0.1, 0.15) is 0 Å². The number of nitrogens with zero attached hydrogens (tertiary/aromatic N) is 1.